The number of nitrogens with zero attached hydrogens (tertiary/aromatic N) is 4. The number of hydrogen-bond donors (Lipinski definition) is 0. The molecule has 0 N–H and O–H groups in total. The number of ether oxygens (including phenoxy) is 1. The van der Waals surface area contributed by atoms with Crippen LogP contribution in [0.1, 0.15) is 12.8 Å². The van der Waals surface area contributed by atoms with Crippen LogP contribution < -0.4 is 0 Å². The van der Waals surface area contributed by atoms with Crippen LogP contribution in [0.25, 0.3) is 0 Å². The van der Waals surface area contributed by atoms with E-state index in [1.165, 1.54) is 16.3 Å². The third-order valence-corrected chi connectivity index (χ3v) is 5.13. The Labute approximate surface area is 140 Å². The van der Waals surface area contributed by atoms with Crippen LogP contribution in [-0.4, -0.2) is 92.2 Å². The number of piperazine rings is 1. The molecule has 10 nitrogen and oxygen atoms in total. The number of sulfonamides is 1. The van der Waals surface area contributed by atoms with Crippen molar-refractivity contribution in [1.29, 1.82) is 0 Å². The minimum Gasteiger partial charge on any atom is -0.451 e. The first-order chi connectivity index (χ1) is 11.2. The summed E-state index contributed by atoms with van der Waals surface area (Å²) in [6.45, 7) is 0.508. The first kappa shape index (κ1) is 18.3. The van der Waals surface area contributed by atoms with E-state index in [0.29, 0.717) is 0 Å². The van der Waals surface area contributed by atoms with Crippen molar-refractivity contribution in [3.8, 4) is 0 Å². The second-order valence-electron chi connectivity index (χ2n) is 5.58. The SMILES string of the molecule is CN1N=C(C(=O)OCC(=O)N2CCN(S(C)(=O)=O)CC2)CCC1=O. The molecule has 1 fully saturated rings. The summed E-state index contributed by atoms with van der Waals surface area (Å²) in [7, 11) is -1.82. The molecule has 2 heterocycles. The lowest BCUT2D eigenvalue weighted by Crippen LogP contribution is -2.51. The van der Waals surface area contributed by atoms with Gasteiger partial charge < -0.3 is 9.64 Å². The van der Waals surface area contributed by atoms with E-state index in [9.17, 15) is 22.8 Å². The molecule has 0 spiro atoms. The predicted molar refractivity (Wildman–Crippen MR) is 83.4 cm³/mol. The van der Waals surface area contributed by atoms with Crippen LogP contribution in [0.15, 0.2) is 5.10 Å². The highest BCUT2D eigenvalue weighted by atomic mass is 32.2. The zero-order valence-corrected chi connectivity index (χ0v) is 14.4. The molecule has 0 unspecified atom stereocenters. The lowest BCUT2D eigenvalue weighted by molar-refractivity contribution is -0.147. The summed E-state index contributed by atoms with van der Waals surface area (Å²) < 4.78 is 29.1. The van der Waals surface area contributed by atoms with Gasteiger partial charge in [-0.15, -0.1) is 0 Å². The number of hydrazone groups is 1. The Balaban J connectivity index is 1.81. The number of rotatable bonds is 4. The van der Waals surface area contributed by atoms with Gasteiger partial charge in [0.2, 0.25) is 15.9 Å². The zero-order valence-electron chi connectivity index (χ0n) is 13.6. The molecule has 0 aliphatic carbocycles. The number of esters is 1. The van der Waals surface area contributed by atoms with Gasteiger partial charge in [0.15, 0.2) is 6.61 Å². The molecule has 0 radical (unpaired) electrons. The van der Waals surface area contributed by atoms with E-state index >= 15 is 0 Å². The molecule has 2 rings (SSSR count). The van der Waals surface area contributed by atoms with E-state index in [1.54, 1.807) is 0 Å². The fourth-order valence-electron chi connectivity index (χ4n) is 2.39. The molecule has 1 saturated heterocycles. The smallest absolute Gasteiger partial charge is 0.355 e. The standard InChI is InChI=1S/C13H20N4O6S/c1-15-11(18)4-3-10(14-15)13(20)23-9-12(19)16-5-7-17(8-6-16)24(2,21)22/h3-9H2,1-2H3. The van der Waals surface area contributed by atoms with Gasteiger partial charge in [-0.25, -0.2) is 18.2 Å². The lowest BCUT2D eigenvalue weighted by Gasteiger charge is -2.33. The van der Waals surface area contributed by atoms with Gasteiger partial charge in [0, 0.05) is 46.1 Å². The van der Waals surface area contributed by atoms with E-state index in [4.69, 9.17) is 4.74 Å². The third kappa shape index (κ3) is 4.51. The number of carbonyl (C=O) groups excluding carboxylic acids is 3. The fraction of sp³-hybridized carbons (Fsp3) is 0.692. The summed E-state index contributed by atoms with van der Waals surface area (Å²) in [6, 6.07) is 0. The molecule has 0 saturated carbocycles. The number of hydrogen-bond acceptors (Lipinski definition) is 7. The molecular formula is C13H20N4O6S. The molecule has 2 amide bonds. The molecule has 0 aromatic rings. The fourth-order valence-corrected chi connectivity index (χ4v) is 3.21. The molecule has 0 aromatic carbocycles. The van der Waals surface area contributed by atoms with Crippen molar-refractivity contribution in [2.45, 2.75) is 12.8 Å². The number of amides is 2. The van der Waals surface area contributed by atoms with Crippen molar-refractivity contribution in [3.05, 3.63) is 0 Å². The van der Waals surface area contributed by atoms with Gasteiger partial charge in [0.25, 0.3) is 5.91 Å². The Morgan fingerprint density at radius 2 is 1.79 bits per heavy atom. The molecule has 24 heavy (non-hydrogen) atoms. The van der Waals surface area contributed by atoms with Gasteiger partial charge in [0.1, 0.15) is 5.71 Å². The van der Waals surface area contributed by atoms with Crippen molar-refractivity contribution in [2.24, 2.45) is 5.10 Å². The van der Waals surface area contributed by atoms with Gasteiger partial charge in [-0.3, -0.25) is 9.59 Å². The van der Waals surface area contributed by atoms with Crippen molar-refractivity contribution < 1.29 is 27.5 Å². The molecule has 2 aliphatic heterocycles. The Bertz CT molecular complexity index is 666. The summed E-state index contributed by atoms with van der Waals surface area (Å²) >= 11 is 0. The van der Waals surface area contributed by atoms with E-state index in [1.807, 2.05) is 0 Å². The molecule has 0 atom stereocenters. The van der Waals surface area contributed by atoms with E-state index in [0.717, 1.165) is 11.3 Å². The summed E-state index contributed by atoms with van der Waals surface area (Å²) in [6.07, 6.45) is 1.48. The van der Waals surface area contributed by atoms with Crippen molar-refractivity contribution in [2.75, 3.05) is 46.1 Å². The van der Waals surface area contributed by atoms with Crippen LogP contribution >= 0.6 is 0 Å². The topological polar surface area (TPSA) is 117 Å². The predicted octanol–water partition coefficient (Wildman–Crippen LogP) is -1.76. The quantitative estimate of drug-likeness (QED) is 0.549. The summed E-state index contributed by atoms with van der Waals surface area (Å²) in [5, 5.41) is 4.89. The highest BCUT2D eigenvalue weighted by Crippen LogP contribution is 2.09. The largest absolute Gasteiger partial charge is 0.451 e. The van der Waals surface area contributed by atoms with Gasteiger partial charge in [-0.1, -0.05) is 0 Å². The molecule has 134 valence electrons. The van der Waals surface area contributed by atoms with Crippen molar-refractivity contribution >= 4 is 33.5 Å². The second kappa shape index (κ2) is 7.26. The molecule has 2 aliphatic rings. The lowest BCUT2D eigenvalue weighted by atomic mass is 10.2. The minimum atomic E-state index is -3.26. The van der Waals surface area contributed by atoms with E-state index < -0.39 is 28.5 Å². The molecular weight excluding hydrogens is 340 g/mol. The first-order valence-electron chi connectivity index (χ1n) is 7.42. The average molecular weight is 360 g/mol. The summed E-state index contributed by atoms with van der Waals surface area (Å²) in [5.74, 6) is -1.30. The maximum Gasteiger partial charge on any atom is 0.355 e. The van der Waals surface area contributed by atoms with Gasteiger partial charge in [-0.05, 0) is 0 Å². The normalized spacial score (nSPS) is 19.9. The molecule has 11 heteroatoms. The van der Waals surface area contributed by atoms with Crippen LogP contribution in [-0.2, 0) is 29.1 Å². The molecule has 0 aromatic heterocycles. The van der Waals surface area contributed by atoms with Crippen molar-refractivity contribution in [1.82, 2.24) is 14.2 Å². The molecule has 0 bridgehead atoms. The van der Waals surface area contributed by atoms with E-state index in [-0.39, 0.29) is 50.6 Å². The highest BCUT2D eigenvalue weighted by Gasteiger charge is 2.28. The van der Waals surface area contributed by atoms with Crippen LogP contribution in [0, 0.1) is 0 Å². The minimum absolute atomic E-state index is 0.104. The monoisotopic (exact) mass is 360 g/mol. The maximum absolute atomic E-state index is 12.0. The first-order valence-corrected chi connectivity index (χ1v) is 9.27. The summed E-state index contributed by atoms with van der Waals surface area (Å²) in [4.78, 5) is 36.6. The Morgan fingerprint density at radius 3 is 2.33 bits per heavy atom. The maximum atomic E-state index is 12.0. The summed E-state index contributed by atoms with van der Waals surface area (Å²) in [5.41, 5.74) is 0.104. The van der Waals surface area contributed by atoms with Crippen molar-refractivity contribution in [3.63, 3.8) is 0 Å². The Kier molecular flexibility index (Phi) is 5.54. The van der Waals surface area contributed by atoms with E-state index in [2.05, 4.69) is 5.10 Å². The third-order valence-electron chi connectivity index (χ3n) is 3.83. The van der Waals surface area contributed by atoms with Crippen LogP contribution in [0.4, 0.5) is 0 Å². The van der Waals surface area contributed by atoms with Crippen LogP contribution in [0.2, 0.25) is 0 Å². The van der Waals surface area contributed by atoms with Gasteiger partial charge in [-0.2, -0.15) is 9.41 Å². The van der Waals surface area contributed by atoms with Crippen LogP contribution in [0.5, 0.6) is 0 Å². The Hall–Kier alpha value is -2.01. The van der Waals surface area contributed by atoms with Gasteiger partial charge in [0.05, 0.1) is 6.26 Å². The highest BCUT2D eigenvalue weighted by molar-refractivity contribution is 7.88. The number of carbonyl (C=O) groups is 3. The van der Waals surface area contributed by atoms with Gasteiger partial charge >= 0.3 is 5.97 Å². The second-order valence-corrected chi connectivity index (χ2v) is 7.57. The average Bonchev–Trinajstić information content (AvgIpc) is 2.54. The Morgan fingerprint density at radius 1 is 1.17 bits per heavy atom. The zero-order chi connectivity index (χ0) is 17.9. The van der Waals surface area contributed by atoms with Crippen LogP contribution in [0.3, 0.4) is 0 Å².